The molecule has 192 valence electrons. The minimum absolute atomic E-state index is 0.0843. The molecule has 2 N–H and O–H groups in total. The number of carbonyl (C=O) groups excluding carboxylic acids is 1. The number of benzene rings is 2. The molecular formula is C24H21F6N3O2S. The van der Waals surface area contributed by atoms with E-state index in [2.05, 4.69) is 9.64 Å². The lowest BCUT2D eigenvalue weighted by Crippen LogP contribution is -2.46. The third-order valence-corrected chi connectivity index (χ3v) is 6.64. The van der Waals surface area contributed by atoms with Gasteiger partial charge < -0.3 is 15.4 Å². The number of nitrogens with two attached hydrogens (primary N) is 1. The van der Waals surface area contributed by atoms with Crippen LogP contribution in [0.1, 0.15) is 27.0 Å². The molecule has 0 saturated carbocycles. The summed E-state index contributed by atoms with van der Waals surface area (Å²) in [4.78, 5) is 17.2. The van der Waals surface area contributed by atoms with Crippen LogP contribution in [0.3, 0.4) is 0 Å². The summed E-state index contributed by atoms with van der Waals surface area (Å²) in [6.07, 6.45) is -9.32. The van der Waals surface area contributed by atoms with Gasteiger partial charge in [-0.3, -0.25) is 9.69 Å². The first-order valence-corrected chi connectivity index (χ1v) is 11.7. The largest absolute Gasteiger partial charge is 0.573 e. The quantitative estimate of drug-likeness (QED) is 0.323. The summed E-state index contributed by atoms with van der Waals surface area (Å²) in [5, 5.41) is 1.98. The number of hydrogen-bond acceptors (Lipinski definition) is 6. The predicted molar refractivity (Wildman–Crippen MR) is 124 cm³/mol. The molecule has 4 rings (SSSR count). The van der Waals surface area contributed by atoms with Gasteiger partial charge in [-0.15, -0.1) is 24.5 Å². The van der Waals surface area contributed by atoms with Gasteiger partial charge in [0.2, 0.25) is 0 Å². The molecule has 5 nitrogen and oxygen atoms in total. The highest BCUT2D eigenvalue weighted by molar-refractivity contribution is 7.14. The zero-order chi connectivity index (χ0) is 26.1. The minimum Gasteiger partial charge on any atom is -0.406 e. The fourth-order valence-corrected chi connectivity index (χ4v) is 4.83. The second-order valence-corrected chi connectivity index (χ2v) is 9.12. The number of anilines is 2. The molecule has 36 heavy (non-hydrogen) atoms. The van der Waals surface area contributed by atoms with Crippen LogP contribution in [-0.4, -0.2) is 43.2 Å². The maximum Gasteiger partial charge on any atom is 0.573 e. The Kier molecular flexibility index (Phi) is 7.19. The van der Waals surface area contributed by atoms with Crippen molar-refractivity contribution in [3.63, 3.8) is 0 Å². The molecule has 0 atom stereocenters. The van der Waals surface area contributed by atoms with E-state index in [0.717, 1.165) is 29.2 Å². The summed E-state index contributed by atoms with van der Waals surface area (Å²) in [7, 11) is 0. The van der Waals surface area contributed by atoms with Crippen molar-refractivity contribution in [3.8, 4) is 5.75 Å². The second-order valence-electron chi connectivity index (χ2n) is 8.21. The summed E-state index contributed by atoms with van der Waals surface area (Å²) < 4.78 is 80.2. The van der Waals surface area contributed by atoms with Gasteiger partial charge in [-0.25, -0.2) is 0 Å². The van der Waals surface area contributed by atoms with E-state index in [4.69, 9.17) is 5.73 Å². The van der Waals surface area contributed by atoms with Gasteiger partial charge >= 0.3 is 12.5 Å². The number of nitrogens with zero attached hydrogens (tertiary/aromatic N) is 2. The Hall–Kier alpha value is -3.25. The molecule has 1 aliphatic rings. The second kappa shape index (κ2) is 10.0. The Balaban J connectivity index is 1.41. The van der Waals surface area contributed by atoms with E-state index in [1.807, 2.05) is 4.90 Å². The van der Waals surface area contributed by atoms with Crippen LogP contribution in [0.25, 0.3) is 0 Å². The molecule has 1 saturated heterocycles. The number of halogens is 6. The molecular weight excluding hydrogens is 508 g/mol. The number of ketones is 1. The van der Waals surface area contributed by atoms with Crippen molar-refractivity contribution < 1.29 is 35.9 Å². The summed E-state index contributed by atoms with van der Waals surface area (Å²) >= 11 is 1.16. The average Bonchev–Trinajstić information content (AvgIpc) is 3.18. The van der Waals surface area contributed by atoms with Crippen LogP contribution in [0.2, 0.25) is 0 Å². The number of thiophene rings is 1. The molecule has 2 aromatic carbocycles. The number of carbonyl (C=O) groups is 1. The van der Waals surface area contributed by atoms with Crippen LogP contribution in [0.5, 0.6) is 5.75 Å². The number of piperazine rings is 1. The van der Waals surface area contributed by atoms with Crippen molar-refractivity contribution in [3.05, 3.63) is 76.2 Å². The summed E-state index contributed by atoms with van der Waals surface area (Å²) in [6, 6.07) is 9.90. The van der Waals surface area contributed by atoms with E-state index in [-0.39, 0.29) is 21.9 Å². The number of ether oxygens (including phenoxy) is 1. The van der Waals surface area contributed by atoms with Gasteiger partial charge in [-0.05, 0) is 47.3 Å². The van der Waals surface area contributed by atoms with Crippen molar-refractivity contribution in [1.29, 1.82) is 0 Å². The van der Waals surface area contributed by atoms with Gasteiger partial charge in [0.05, 0.1) is 16.1 Å². The molecule has 12 heteroatoms. The van der Waals surface area contributed by atoms with E-state index in [1.165, 1.54) is 24.3 Å². The van der Waals surface area contributed by atoms with E-state index >= 15 is 0 Å². The number of rotatable bonds is 6. The molecule has 1 fully saturated rings. The van der Waals surface area contributed by atoms with Gasteiger partial charge in [0, 0.05) is 44.0 Å². The van der Waals surface area contributed by atoms with Crippen molar-refractivity contribution in [2.45, 2.75) is 19.1 Å². The summed E-state index contributed by atoms with van der Waals surface area (Å²) in [5.41, 5.74) is 6.64. The lowest BCUT2D eigenvalue weighted by molar-refractivity contribution is -0.274. The molecule has 0 unspecified atom stereocenters. The fraction of sp³-hybridized carbons (Fsp3) is 0.292. The highest BCUT2D eigenvalue weighted by atomic mass is 32.1. The Morgan fingerprint density at radius 2 is 1.64 bits per heavy atom. The van der Waals surface area contributed by atoms with Crippen molar-refractivity contribution >= 4 is 27.8 Å². The van der Waals surface area contributed by atoms with Gasteiger partial charge in [0.15, 0.2) is 5.78 Å². The average molecular weight is 530 g/mol. The molecule has 0 bridgehead atoms. The van der Waals surface area contributed by atoms with Gasteiger partial charge in [0.1, 0.15) is 5.75 Å². The number of nitrogen functional groups attached to an aromatic ring is 1. The summed E-state index contributed by atoms with van der Waals surface area (Å²) in [6.45, 7) is 2.79. The van der Waals surface area contributed by atoms with E-state index < -0.39 is 23.9 Å². The third-order valence-electron chi connectivity index (χ3n) is 5.78. The topological polar surface area (TPSA) is 58.8 Å². The molecule has 1 aromatic heterocycles. The Labute approximate surface area is 206 Å². The fourth-order valence-electron chi connectivity index (χ4n) is 4.03. The maximum atomic E-state index is 13.1. The van der Waals surface area contributed by atoms with E-state index in [1.54, 1.807) is 17.5 Å². The lowest BCUT2D eigenvalue weighted by Gasteiger charge is -2.36. The monoisotopic (exact) mass is 529 g/mol. The minimum atomic E-state index is -4.75. The summed E-state index contributed by atoms with van der Waals surface area (Å²) in [5.74, 6) is -0.854. The number of alkyl halides is 6. The molecule has 0 radical (unpaired) electrons. The van der Waals surface area contributed by atoms with Gasteiger partial charge in [-0.1, -0.05) is 12.1 Å². The highest BCUT2D eigenvalue weighted by Gasteiger charge is 2.32. The Morgan fingerprint density at radius 1 is 0.972 bits per heavy atom. The van der Waals surface area contributed by atoms with E-state index in [0.29, 0.717) is 38.3 Å². The zero-order valence-corrected chi connectivity index (χ0v) is 19.5. The van der Waals surface area contributed by atoms with Crippen LogP contribution >= 0.6 is 11.3 Å². The van der Waals surface area contributed by atoms with Crippen molar-refractivity contribution in [2.24, 2.45) is 0 Å². The van der Waals surface area contributed by atoms with Crippen LogP contribution in [0, 0.1) is 0 Å². The van der Waals surface area contributed by atoms with Crippen LogP contribution < -0.4 is 15.4 Å². The molecule has 0 aliphatic carbocycles. The molecule has 1 aliphatic heterocycles. The Bertz CT molecular complexity index is 1220. The standard InChI is InChI=1S/C24H21F6N3O2S/c25-23(26,27)17-3-1-2-15(12-17)21(34)20-16(14-36-22(20)31)13-32-8-10-33(11-9-32)18-4-6-19(7-5-18)35-24(28,29)30/h1-7,12,14H,8-11,13,31H2. The maximum absolute atomic E-state index is 13.1. The first kappa shape index (κ1) is 25.8. The van der Waals surface area contributed by atoms with Crippen molar-refractivity contribution in [2.75, 3.05) is 36.8 Å². The van der Waals surface area contributed by atoms with Crippen LogP contribution in [0.15, 0.2) is 53.9 Å². The number of hydrogen-bond donors (Lipinski definition) is 1. The van der Waals surface area contributed by atoms with Crippen LogP contribution in [-0.2, 0) is 12.7 Å². The smallest absolute Gasteiger partial charge is 0.406 e. The SMILES string of the molecule is Nc1scc(CN2CCN(c3ccc(OC(F)(F)F)cc3)CC2)c1C(=O)c1cccc(C(F)(F)F)c1. The third kappa shape index (κ3) is 6.11. The molecule has 2 heterocycles. The molecule has 3 aromatic rings. The first-order chi connectivity index (χ1) is 16.9. The molecule has 0 amide bonds. The van der Waals surface area contributed by atoms with Gasteiger partial charge in [-0.2, -0.15) is 13.2 Å². The first-order valence-electron chi connectivity index (χ1n) is 10.8. The normalized spacial score (nSPS) is 15.2. The van der Waals surface area contributed by atoms with Gasteiger partial charge in [0.25, 0.3) is 0 Å². The van der Waals surface area contributed by atoms with E-state index in [9.17, 15) is 31.1 Å². The zero-order valence-electron chi connectivity index (χ0n) is 18.7. The van der Waals surface area contributed by atoms with Crippen LogP contribution in [0.4, 0.5) is 37.0 Å². The predicted octanol–water partition coefficient (Wildman–Crippen LogP) is 5.80. The molecule has 0 spiro atoms. The van der Waals surface area contributed by atoms with Crippen molar-refractivity contribution in [1.82, 2.24) is 4.90 Å². The Morgan fingerprint density at radius 3 is 2.25 bits per heavy atom. The highest BCUT2D eigenvalue weighted by Crippen LogP contribution is 2.33. The lowest BCUT2D eigenvalue weighted by atomic mass is 9.99.